The van der Waals surface area contributed by atoms with Crippen LogP contribution in [0.2, 0.25) is 0 Å². The molecule has 4 aromatic rings. The molecule has 0 atom stereocenters. The molecule has 0 saturated carbocycles. The van der Waals surface area contributed by atoms with Gasteiger partial charge in [0.25, 0.3) is 30.4 Å². The highest BCUT2D eigenvalue weighted by molar-refractivity contribution is 7.91. The fourth-order valence-electron chi connectivity index (χ4n) is 5.11. The summed E-state index contributed by atoms with van der Waals surface area (Å²) in [7, 11) is -14.7. The lowest BCUT2D eigenvalue weighted by Crippen LogP contribution is -2.28. The van der Waals surface area contributed by atoms with Crippen LogP contribution in [0.1, 0.15) is 27.0 Å². The summed E-state index contributed by atoms with van der Waals surface area (Å²) in [6.45, 7) is 0. The van der Waals surface area contributed by atoms with Crippen molar-refractivity contribution in [2.75, 3.05) is 16.6 Å². The third-order valence-corrected chi connectivity index (χ3v) is 10.2. The summed E-state index contributed by atoms with van der Waals surface area (Å²) in [4.78, 5) is 23.9. The summed E-state index contributed by atoms with van der Waals surface area (Å²) in [6, 6.07) is 18.2. The zero-order valence-electron chi connectivity index (χ0n) is 26.4. The minimum absolute atomic E-state index is 0.0501. The number of nitrogen functional groups attached to an aromatic ring is 1. The van der Waals surface area contributed by atoms with Gasteiger partial charge in [0.2, 0.25) is 11.6 Å². The van der Waals surface area contributed by atoms with Crippen molar-refractivity contribution in [3.8, 4) is 0 Å². The second-order valence-electron chi connectivity index (χ2n) is 11.1. The van der Waals surface area contributed by atoms with Gasteiger partial charge in [0, 0.05) is 5.56 Å². The van der Waals surface area contributed by atoms with Gasteiger partial charge in [-0.25, -0.2) is 0 Å². The Labute approximate surface area is 300 Å². The van der Waals surface area contributed by atoms with Gasteiger partial charge in [-0.05, 0) is 77.9 Å². The average Bonchev–Trinajstić information content (AvgIpc) is 3.09. The molecule has 270 valence electrons. The average molecular weight is 778 g/mol. The highest BCUT2D eigenvalue weighted by atomic mass is 32.2. The van der Waals surface area contributed by atoms with Gasteiger partial charge in [-0.3, -0.25) is 34.1 Å². The summed E-state index contributed by atoms with van der Waals surface area (Å²) in [5.74, 6) is -1.61. The smallest absolute Gasteiger partial charge is 0.296 e. The molecule has 6 rings (SSSR count). The number of ketones is 2. The SMILES string of the molecule is Nc1c(N=Nc2ccc(N/N=C3\C(=O)C=Cc4cc(S(=O)(=O)O)ccc43)cc2)c(S(=O)(=O)O)cc2c1C(=O)/C(=N\Nc1ccccc1)C(S(=O)(=O)O)=C2. The molecule has 4 aromatic carbocycles. The second kappa shape index (κ2) is 13.7. The number of para-hydroxylation sites is 1. The maximum atomic E-state index is 13.6. The van der Waals surface area contributed by atoms with E-state index < -0.39 is 74.4 Å². The van der Waals surface area contributed by atoms with Crippen LogP contribution in [0, 0.1) is 0 Å². The third-order valence-electron chi connectivity index (χ3n) is 7.57. The molecule has 0 fully saturated rings. The number of carbonyl (C=O) groups is 2. The predicted octanol–water partition coefficient (Wildman–Crippen LogP) is 4.48. The topological polar surface area (TPSA) is 297 Å². The molecule has 0 aliphatic heterocycles. The lowest BCUT2D eigenvalue weighted by Gasteiger charge is -2.20. The summed E-state index contributed by atoms with van der Waals surface area (Å²) in [5, 5.41) is 15.8. The second-order valence-corrected chi connectivity index (χ2v) is 15.3. The number of fused-ring (bicyclic) bond motifs is 2. The van der Waals surface area contributed by atoms with Gasteiger partial charge < -0.3 is 5.73 Å². The molecule has 18 nitrogen and oxygen atoms in total. The van der Waals surface area contributed by atoms with Crippen molar-refractivity contribution in [3.63, 3.8) is 0 Å². The van der Waals surface area contributed by atoms with E-state index in [1.807, 2.05) is 0 Å². The first-order chi connectivity index (χ1) is 24.9. The number of hydrogen-bond acceptors (Lipinski definition) is 15. The van der Waals surface area contributed by atoms with Crippen molar-refractivity contribution in [3.05, 3.63) is 112 Å². The van der Waals surface area contributed by atoms with Crippen molar-refractivity contribution in [2.24, 2.45) is 20.4 Å². The number of benzene rings is 4. The number of hydrazone groups is 2. The molecule has 53 heavy (non-hydrogen) atoms. The highest BCUT2D eigenvalue weighted by Gasteiger charge is 2.37. The zero-order valence-corrected chi connectivity index (χ0v) is 28.9. The predicted molar refractivity (Wildman–Crippen MR) is 193 cm³/mol. The molecular formula is C32H23N7O11S3. The number of azo groups is 1. The molecule has 2 aliphatic carbocycles. The van der Waals surface area contributed by atoms with Gasteiger partial charge in [0.15, 0.2) is 5.71 Å². The Morgan fingerprint density at radius 2 is 1.28 bits per heavy atom. The quantitative estimate of drug-likeness (QED) is 0.0591. The van der Waals surface area contributed by atoms with Gasteiger partial charge in [-0.2, -0.15) is 40.6 Å². The van der Waals surface area contributed by atoms with Crippen LogP contribution < -0.4 is 16.6 Å². The Morgan fingerprint density at radius 3 is 1.91 bits per heavy atom. The fraction of sp³-hybridized carbons (Fsp3) is 0. The standard InChI is InChI=1S/C32H23N7O11S3/c33-28-27-18(16-26(53(48,49)50)31(32(27)41)39-34-19-4-2-1-3-5-19)15-25(52(45,46)47)30(28)38-36-21-9-7-20(8-10-21)35-37-29-23-12-11-22(51(42,43)44)14-17(23)6-13-24(29)40/h1-16,34-35H,33H2,(H,42,43,44)(H,45,46,47)(H,48,49,50)/b37-29-,38-36?,39-31-. The molecule has 7 N–H and O–H groups in total. The Hall–Kier alpha value is -6.23. The largest absolute Gasteiger partial charge is 0.396 e. The fourth-order valence-corrected chi connectivity index (χ4v) is 6.95. The molecule has 0 radical (unpaired) electrons. The maximum absolute atomic E-state index is 13.6. The number of hydrogen-bond donors (Lipinski definition) is 6. The number of anilines is 3. The van der Waals surface area contributed by atoms with Crippen LogP contribution in [0.5, 0.6) is 0 Å². The van der Waals surface area contributed by atoms with Gasteiger partial charge >= 0.3 is 0 Å². The summed E-state index contributed by atoms with van der Waals surface area (Å²) in [5.41, 5.74) is 9.94. The number of rotatable bonds is 9. The van der Waals surface area contributed by atoms with E-state index in [9.17, 15) is 48.5 Å². The molecular weight excluding hydrogens is 755 g/mol. The highest BCUT2D eigenvalue weighted by Crippen LogP contribution is 2.41. The van der Waals surface area contributed by atoms with Gasteiger partial charge in [0.1, 0.15) is 21.2 Å². The van der Waals surface area contributed by atoms with E-state index in [-0.39, 0.29) is 21.9 Å². The lowest BCUT2D eigenvalue weighted by atomic mass is 9.92. The molecule has 21 heteroatoms. The maximum Gasteiger partial charge on any atom is 0.296 e. The van der Waals surface area contributed by atoms with Crippen LogP contribution in [0.3, 0.4) is 0 Å². The molecule has 0 spiro atoms. The van der Waals surface area contributed by atoms with E-state index in [0.29, 0.717) is 22.5 Å². The van der Waals surface area contributed by atoms with Crippen LogP contribution in [-0.2, 0) is 35.1 Å². The summed E-state index contributed by atoms with van der Waals surface area (Å²) >= 11 is 0. The molecule has 2 aliphatic rings. The first-order valence-corrected chi connectivity index (χ1v) is 19.0. The lowest BCUT2D eigenvalue weighted by molar-refractivity contribution is -0.108. The van der Waals surface area contributed by atoms with Crippen molar-refractivity contribution in [1.82, 2.24) is 0 Å². The number of carbonyl (C=O) groups excluding carboxylic acids is 2. The van der Waals surface area contributed by atoms with Crippen molar-refractivity contribution >= 4 is 93.9 Å². The Bertz CT molecular complexity index is 2730. The van der Waals surface area contributed by atoms with E-state index >= 15 is 0 Å². The van der Waals surface area contributed by atoms with Crippen LogP contribution in [0.15, 0.2) is 120 Å². The van der Waals surface area contributed by atoms with E-state index in [4.69, 9.17) is 5.73 Å². The van der Waals surface area contributed by atoms with Gasteiger partial charge in [-0.15, -0.1) is 5.11 Å². The molecule has 0 bridgehead atoms. The number of nitrogens with two attached hydrogens (primary N) is 1. The normalized spacial score (nSPS) is 16.1. The Kier molecular flexibility index (Phi) is 9.46. The minimum atomic E-state index is -5.11. The Morgan fingerprint density at radius 1 is 0.642 bits per heavy atom. The molecule has 0 saturated heterocycles. The van der Waals surface area contributed by atoms with Gasteiger partial charge in [0.05, 0.1) is 33.2 Å². The first-order valence-electron chi connectivity index (χ1n) is 14.7. The number of allylic oxidation sites excluding steroid dienone is 2. The summed E-state index contributed by atoms with van der Waals surface area (Å²) in [6.07, 6.45) is 3.33. The molecule has 0 aromatic heterocycles. The Balaban J connectivity index is 1.31. The van der Waals surface area contributed by atoms with Crippen molar-refractivity contribution in [2.45, 2.75) is 9.79 Å². The number of nitrogens with zero attached hydrogens (tertiary/aromatic N) is 4. The third kappa shape index (κ3) is 7.69. The van der Waals surface area contributed by atoms with E-state index in [0.717, 1.165) is 18.2 Å². The van der Waals surface area contributed by atoms with Crippen molar-refractivity contribution < 1.29 is 48.5 Å². The first kappa shape index (κ1) is 36.6. The summed E-state index contributed by atoms with van der Waals surface area (Å²) < 4.78 is 102. The van der Waals surface area contributed by atoms with Crippen LogP contribution >= 0.6 is 0 Å². The van der Waals surface area contributed by atoms with Gasteiger partial charge in [-0.1, -0.05) is 30.3 Å². The number of Topliss-reactive ketones (excluding diaryl/α,β-unsaturated/α-hetero) is 1. The molecule has 0 unspecified atom stereocenters. The van der Waals surface area contributed by atoms with Crippen LogP contribution in [0.25, 0.3) is 12.2 Å². The van der Waals surface area contributed by atoms with E-state index in [1.165, 1.54) is 48.6 Å². The van der Waals surface area contributed by atoms with Crippen molar-refractivity contribution in [1.29, 1.82) is 0 Å². The van der Waals surface area contributed by atoms with Crippen LogP contribution in [-0.4, -0.2) is 61.9 Å². The van der Waals surface area contributed by atoms with E-state index in [1.54, 1.807) is 30.3 Å². The molecule has 0 amide bonds. The van der Waals surface area contributed by atoms with E-state index in [2.05, 4.69) is 31.3 Å². The monoisotopic (exact) mass is 777 g/mol. The molecule has 0 heterocycles. The van der Waals surface area contributed by atoms with Crippen LogP contribution in [0.4, 0.5) is 28.4 Å². The minimum Gasteiger partial charge on any atom is -0.396 e. The number of nitrogens with one attached hydrogen (secondary N) is 2. The zero-order chi connectivity index (χ0) is 38.3.